The zero-order valence-corrected chi connectivity index (χ0v) is 20.1. The van der Waals surface area contributed by atoms with Crippen molar-refractivity contribution in [2.75, 3.05) is 26.3 Å². The van der Waals surface area contributed by atoms with E-state index < -0.39 is 23.4 Å². The highest BCUT2D eigenvalue weighted by molar-refractivity contribution is 8.16. The normalized spacial score (nSPS) is 20.9. The molecular formula is C24H28FN3O4S. The first-order chi connectivity index (χ1) is 15.7. The maximum atomic E-state index is 15.1. The van der Waals surface area contributed by atoms with Crippen molar-refractivity contribution in [3.63, 3.8) is 0 Å². The second-order valence-electron chi connectivity index (χ2n) is 9.09. The lowest BCUT2D eigenvalue weighted by atomic mass is 9.93. The van der Waals surface area contributed by atoms with Gasteiger partial charge in [0.15, 0.2) is 5.17 Å². The summed E-state index contributed by atoms with van der Waals surface area (Å²) in [5.41, 5.74) is 1.03. The molecule has 4 rings (SSSR count). The maximum absolute atomic E-state index is 15.1. The predicted octanol–water partition coefficient (Wildman–Crippen LogP) is 3.99. The number of allylic oxidation sites excluding steroid dienone is 1. The SMILES string of the molecule is CC1=C(C(=O)OC(C)(C)C)[C@H](c2ccccc2F)N2C(CC(=O)N3CCOCC3)=CSC2=N1. The minimum atomic E-state index is -0.785. The Morgan fingerprint density at radius 3 is 2.61 bits per heavy atom. The van der Waals surface area contributed by atoms with E-state index in [0.717, 1.165) is 0 Å². The molecule has 3 heterocycles. The number of nitrogens with zero attached hydrogens (tertiary/aromatic N) is 3. The summed E-state index contributed by atoms with van der Waals surface area (Å²) in [5.74, 6) is -1.02. The number of carbonyl (C=O) groups excluding carboxylic acids is 2. The second kappa shape index (κ2) is 9.30. The summed E-state index contributed by atoms with van der Waals surface area (Å²) in [6, 6.07) is 5.58. The topological polar surface area (TPSA) is 71.4 Å². The molecule has 1 saturated heterocycles. The quantitative estimate of drug-likeness (QED) is 0.616. The van der Waals surface area contributed by atoms with Gasteiger partial charge in [-0.2, -0.15) is 0 Å². The lowest BCUT2D eigenvalue weighted by Crippen LogP contribution is -2.43. The van der Waals surface area contributed by atoms with Crippen LogP contribution in [0.15, 0.2) is 51.6 Å². The molecule has 176 valence electrons. The third-order valence-corrected chi connectivity index (χ3v) is 6.40. The Hall–Kier alpha value is -2.65. The van der Waals surface area contributed by atoms with Gasteiger partial charge in [-0.1, -0.05) is 30.0 Å². The Morgan fingerprint density at radius 2 is 1.94 bits per heavy atom. The van der Waals surface area contributed by atoms with E-state index in [9.17, 15) is 9.59 Å². The molecule has 1 aromatic rings. The number of rotatable bonds is 4. The Bertz CT molecular complexity index is 1050. The van der Waals surface area contributed by atoms with Crippen molar-refractivity contribution in [1.82, 2.24) is 9.80 Å². The maximum Gasteiger partial charge on any atom is 0.338 e. The molecule has 1 atom stereocenters. The highest BCUT2D eigenvalue weighted by atomic mass is 32.2. The van der Waals surface area contributed by atoms with E-state index in [1.165, 1.54) is 17.8 Å². The Kier molecular flexibility index (Phi) is 6.63. The lowest BCUT2D eigenvalue weighted by molar-refractivity contribution is -0.150. The molecule has 9 heteroatoms. The molecule has 7 nitrogen and oxygen atoms in total. The van der Waals surface area contributed by atoms with Crippen molar-refractivity contribution in [3.8, 4) is 0 Å². The van der Waals surface area contributed by atoms with Crippen LogP contribution in [0.1, 0.15) is 45.7 Å². The molecule has 1 aromatic carbocycles. The van der Waals surface area contributed by atoms with Crippen molar-refractivity contribution >= 4 is 28.8 Å². The van der Waals surface area contributed by atoms with Crippen molar-refractivity contribution < 1.29 is 23.5 Å². The highest BCUT2D eigenvalue weighted by Crippen LogP contribution is 2.45. The van der Waals surface area contributed by atoms with Crippen LogP contribution < -0.4 is 0 Å². The number of ether oxygens (including phenoxy) is 2. The van der Waals surface area contributed by atoms with Gasteiger partial charge in [0.25, 0.3) is 0 Å². The van der Waals surface area contributed by atoms with Crippen LogP contribution in [0.3, 0.4) is 0 Å². The van der Waals surface area contributed by atoms with Crippen LogP contribution in [-0.2, 0) is 19.1 Å². The van der Waals surface area contributed by atoms with E-state index in [-0.39, 0.29) is 17.9 Å². The molecule has 1 fully saturated rings. The second-order valence-corrected chi connectivity index (χ2v) is 9.92. The number of thioether (sulfide) groups is 1. The first kappa shape index (κ1) is 23.5. The minimum Gasteiger partial charge on any atom is -0.456 e. The van der Waals surface area contributed by atoms with Gasteiger partial charge in [-0.15, -0.1) is 0 Å². The van der Waals surface area contributed by atoms with Gasteiger partial charge in [0.2, 0.25) is 5.91 Å². The number of hydrogen-bond acceptors (Lipinski definition) is 7. The van der Waals surface area contributed by atoms with Gasteiger partial charge >= 0.3 is 5.97 Å². The van der Waals surface area contributed by atoms with Gasteiger partial charge in [-0.3, -0.25) is 4.79 Å². The van der Waals surface area contributed by atoms with Gasteiger partial charge < -0.3 is 19.3 Å². The number of esters is 1. The van der Waals surface area contributed by atoms with E-state index in [0.29, 0.717) is 48.4 Å². The van der Waals surface area contributed by atoms with Gasteiger partial charge in [-0.05, 0) is 39.2 Å². The van der Waals surface area contributed by atoms with Crippen molar-refractivity contribution in [1.29, 1.82) is 0 Å². The van der Waals surface area contributed by atoms with Gasteiger partial charge in [0, 0.05) is 24.4 Å². The van der Waals surface area contributed by atoms with Crippen LogP contribution in [0.4, 0.5) is 4.39 Å². The fourth-order valence-electron chi connectivity index (χ4n) is 4.03. The first-order valence-corrected chi connectivity index (χ1v) is 11.8. The van der Waals surface area contributed by atoms with Crippen molar-refractivity contribution in [2.24, 2.45) is 4.99 Å². The molecule has 1 amide bonds. The monoisotopic (exact) mass is 473 g/mol. The van der Waals surface area contributed by atoms with Gasteiger partial charge in [0.05, 0.1) is 36.9 Å². The largest absolute Gasteiger partial charge is 0.456 e. The van der Waals surface area contributed by atoms with Crippen LogP contribution in [0, 0.1) is 5.82 Å². The van der Waals surface area contributed by atoms with E-state index in [2.05, 4.69) is 4.99 Å². The predicted molar refractivity (Wildman–Crippen MR) is 125 cm³/mol. The lowest BCUT2D eigenvalue weighted by Gasteiger charge is -2.37. The third-order valence-electron chi connectivity index (χ3n) is 5.52. The van der Waals surface area contributed by atoms with Crippen LogP contribution in [-0.4, -0.2) is 58.7 Å². The number of fused-ring (bicyclic) bond motifs is 1. The molecular weight excluding hydrogens is 445 g/mol. The number of carbonyl (C=O) groups is 2. The van der Waals surface area contributed by atoms with E-state index in [1.807, 2.05) is 5.41 Å². The summed E-state index contributed by atoms with van der Waals surface area (Å²) >= 11 is 1.37. The summed E-state index contributed by atoms with van der Waals surface area (Å²) in [6.07, 6.45) is 0.123. The molecule has 33 heavy (non-hydrogen) atoms. The standard InChI is InChI=1S/C24H28FN3O4S/c1-15-20(22(30)32-24(2,3)4)21(17-7-5-6-8-18(17)25)28-16(14-33-23(28)26-15)13-19(29)27-9-11-31-12-10-27/h5-8,14,21H,9-13H2,1-4H3/t21-/m0/s1. The van der Waals surface area contributed by atoms with E-state index >= 15 is 4.39 Å². The molecule has 0 spiro atoms. The van der Waals surface area contributed by atoms with E-state index in [4.69, 9.17) is 9.47 Å². The molecule has 0 saturated carbocycles. The molecule has 0 aromatic heterocycles. The number of amides is 1. The van der Waals surface area contributed by atoms with Gasteiger partial charge in [0.1, 0.15) is 11.4 Å². The average molecular weight is 474 g/mol. The van der Waals surface area contributed by atoms with Crippen LogP contribution in [0.2, 0.25) is 0 Å². The minimum absolute atomic E-state index is 0.0382. The summed E-state index contributed by atoms with van der Waals surface area (Å²) < 4.78 is 26.1. The summed E-state index contributed by atoms with van der Waals surface area (Å²) in [6.45, 7) is 9.20. The first-order valence-electron chi connectivity index (χ1n) is 10.9. The molecule has 0 bridgehead atoms. The average Bonchev–Trinajstić information content (AvgIpc) is 3.14. The van der Waals surface area contributed by atoms with Crippen LogP contribution >= 0.6 is 11.8 Å². The fourth-order valence-corrected chi connectivity index (χ4v) is 5.00. The molecule has 0 N–H and O–H groups in total. The number of aliphatic imine (C=N–C) groups is 1. The number of benzene rings is 1. The Labute approximate surface area is 197 Å². The Morgan fingerprint density at radius 1 is 1.24 bits per heavy atom. The number of halogens is 1. The zero-order chi connectivity index (χ0) is 23.8. The van der Waals surface area contributed by atoms with Crippen LogP contribution in [0.5, 0.6) is 0 Å². The molecule has 0 radical (unpaired) electrons. The van der Waals surface area contributed by atoms with Gasteiger partial charge in [-0.25, -0.2) is 14.2 Å². The molecule has 0 unspecified atom stereocenters. The molecule has 3 aliphatic rings. The highest BCUT2D eigenvalue weighted by Gasteiger charge is 2.43. The Balaban J connectivity index is 1.72. The van der Waals surface area contributed by atoms with Crippen LogP contribution in [0.25, 0.3) is 0 Å². The smallest absolute Gasteiger partial charge is 0.338 e. The van der Waals surface area contributed by atoms with E-state index in [1.54, 1.807) is 55.7 Å². The summed E-state index contributed by atoms with van der Waals surface area (Å²) in [5, 5.41) is 2.47. The number of amidine groups is 1. The number of morpholine rings is 1. The third kappa shape index (κ3) is 4.99. The fraction of sp³-hybridized carbons (Fsp3) is 0.458. The summed E-state index contributed by atoms with van der Waals surface area (Å²) in [7, 11) is 0. The molecule has 0 aliphatic carbocycles. The van der Waals surface area contributed by atoms with Crippen molar-refractivity contribution in [2.45, 2.75) is 45.8 Å². The molecule has 3 aliphatic heterocycles. The summed E-state index contributed by atoms with van der Waals surface area (Å²) in [4.78, 5) is 34.4. The zero-order valence-electron chi connectivity index (χ0n) is 19.3. The van der Waals surface area contributed by atoms with Crippen molar-refractivity contribution in [3.05, 3.63) is 58.0 Å². The number of hydrogen-bond donors (Lipinski definition) is 0.